The molecule has 0 bridgehead atoms. The number of nitrogens with zero attached hydrogens (tertiary/aromatic N) is 1. The van der Waals surface area contributed by atoms with Crippen LogP contribution in [0.4, 0.5) is 0 Å². The van der Waals surface area contributed by atoms with E-state index in [2.05, 4.69) is 21.7 Å². The van der Waals surface area contributed by atoms with Crippen molar-refractivity contribution in [1.29, 1.82) is 0 Å². The van der Waals surface area contributed by atoms with E-state index in [1.165, 1.54) is 4.88 Å². The van der Waals surface area contributed by atoms with Crippen molar-refractivity contribution in [3.05, 3.63) is 22.4 Å². The van der Waals surface area contributed by atoms with Crippen LogP contribution < -0.4 is 11.1 Å². The van der Waals surface area contributed by atoms with E-state index in [0.29, 0.717) is 0 Å². The van der Waals surface area contributed by atoms with Gasteiger partial charge in [-0.15, -0.1) is 11.3 Å². The van der Waals surface area contributed by atoms with Gasteiger partial charge in [0, 0.05) is 18.0 Å². The zero-order chi connectivity index (χ0) is 13.1. The number of nitrogens with one attached hydrogen (secondary N) is 1. The minimum atomic E-state index is -0.0342. The third-order valence-corrected chi connectivity index (χ3v) is 4.48. The first-order valence-electron chi connectivity index (χ1n) is 6.41. The van der Waals surface area contributed by atoms with Crippen LogP contribution in [0.5, 0.6) is 0 Å². The number of thiophene rings is 1. The molecular weight excluding hydrogens is 246 g/mol. The molecule has 1 aliphatic heterocycles. The third kappa shape index (κ3) is 2.58. The molecule has 1 aromatic rings. The first-order valence-corrected chi connectivity index (χ1v) is 7.29. The average Bonchev–Trinajstić information content (AvgIpc) is 2.99. The molecule has 3 unspecified atom stereocenters. The fraction of sp³-hybridized carbons (Fsp3) is 0.615. The molecule has 1 saturated heterocycles. The summed E-state index contributed by atoms with van der Waals surface area (Å²) in [6.07, 6.45) is 1.99. The van der Waals surface area contributed by atoms with Crippen molar-refractivity contribution >= 4 is 17.2 Å². The van der Waals surface area contributed by atoms with Crippen LogP contribution in [-0.4, -0.2) is 36.5 Å². The number of nitrogens with two attached hydrogens (primary N) is 1. The minimum absolute atomic E-state index is 0.0221. The van der Waals surface area contributed by atoms with E-state index in [0.717, 1.165) is 19.4 Å². The second-order valence-electron chi connectivity index (χ2n) is 4.83. The molecule has 100 valence electrons. The molecule has 2 rings (SSSR count). The number of hydrogen-bond acceptors (Lipinski definition) is 4. The van der Waals surface area contributed by atoms with Crippen molar-refractivity contribution in [3.8, 4) is 0 Å². The van der Waals surface area contributed by atoms with Crippen LogP contribution >= 0.6 is 11.3 Å². The van der Waals surface area contributed by atoms with Crippen molar-refractivity contribution in [2.75, 3.05) is 13.6 Å². The van der Waals surface area contributed by atoms with Gasteiger partial charge in [-0.3, -0.25) is 9.69 Å². The van der Waals surface area contributed by atoms with Gasteiger partial charge in [0.05, 0.1) is 12.1 Å². The molecule has 1 amide bonds. The monoisotopic (exact) mass is 267 g/mol. The molecule has 0 radical (unpaired) electrons. The maximum atomic E-state index is 11.9. The number of rotatable bonds is 4. The largest absolute Gasteiger partial charge is 0.358 e. The molecule has 1 fully saturated rings. The molecule has 5 heteroatoms. The fourth-order valence-electron chi connectivity index (χ4n) is 2.75. The second-order valence-corrected chi connectivity index (χ2v) is 5.81. The van der Waals surface area contributed by atoms with Crippen LogP contribution in [0.1, 0.15) is 30.7 Å². The topological polar surface area (TPSA) is 58.4 Å². The predicted octanol–water partition coefficient (Wildman–Crippen LogP) is 1.35. The number of carbonyl (C=O) groups is 1. The average molecular weight is 267 g/mol. The summed E-state index contributed by atoms with van der Waals surface area (Å²) in [4.78, 5) is 15.4. The van der Waals surface area contributed by atoms with Gasteiger partial charge in [-0.05, 0) is 37.8 Å². The zero-order valence-electron chi connectivity index (χ0n) is 10.9. The lowest BCUT2D eigenvalue weighted by atomic mass is 10.1. The van der Waals surface area contributed by atoms with Gasteiger partial charge in [-0.25, -0.2) is 0 Å². The van der Waals surface area contributed by atoms with Crippen molar-refractivity contribution in [2.24, 2.45) is 5.73 Å². The maximum Gasteiger partial charge on any atom is 0.237 e. The van der Waals surface area contributed by atoms with E-state index in [4.69, 9.17) is 5.73 Å². The van der Waals surface area contributed by atoms with Crippen LogP contribution in [0.15, 0.2) is 17.5 Å². The van der Waals surface area contributed by atoms with Crippen molar-refractivity contribution in [3.63, 3.8) is 0 Å². The molecule has 3 N–H and O–H groups in total. The normalized spacial score (nSPS) is 23.8. The molecule has 4 nitrogen and oxygen atoms in total. The molecule has 0 aliphatic carbocycles. The maximum absolute atomic E-state index is 11.9. The SMILES string of the molecule is CNC(=O)C1CCCN1C(c1cccs1)C(C)N. The number of hydrogen-bond donors (Lipinski definition) is 2. The zero-order valence-corrected chi connectivity index (χ0v) is 11.7. The lowest BCUT2D eigenvalue weighted by molar-refractivity contribution is -0.125. The van der Waals surface area contributed by atoms with Gasteiger partial charge in [0.15, 0.2) is 0 Å². The summed E-state index contributed by atoms with van der Waals surface area (Å²) in [6, 6.07) is 4.29. The molecule has 0 spiro atoms. The Balaban J connectivity index is 2.23. The van der Waals surface area contributed by atoms with E-state index < -0.39 is 0 Å². The van der Waals surface area contributed by atoms with Crippen LogP contribution in [0.2, 0.25) is 0 Å². The number of amides is 1. The summed E-state index contributed by atoms with van der Waals surface area (Å²) < 4.78 is 0. The van der Waals surface area contributed by atoms with Gasteiger partial charge in [-0.1, -0.05) is 6.07 Å². The molecular formula is C13H21N3OS. The van der Waals surface area contributed by atoms with Crippen LogP contribution in [0, 0.1) is 0 Å². The highest BCUT2D eigenvalue weighted by Crippen LogP contribution is 2.33. The van der Waals surface area contributed by atoms with Gasteiger partial charge in [-0.2, -0.15) is 0 Å². The summed E-state index contributed by atoms with van der Waals surface area (Å²) in [5, 5.41) is 4.82. The highest BCUT2D eigenvalue weighted by Gasteiger charge is 2.37. The molecule has 2 heterocycles. The molecule has 0 aromatic carbocycles. The summed E-state index contributed by atoms with van der Waals surface area (Å²) in [5.41, 5.74) is 6.14. The Morgan fingerprint density at radius 3 is 3.00 bits per heavy atom. The Kier molecular flexibility index (Phi) is 4.37. The van der Waals surface area contributed by atoms with Crippen LogP contribution in [-0.2, 0) is 4.79 Å². The van der Waals surface area contributed by atoms with Gasteiger partial charge in [0.25, 0.3) is 0 Å². The van der Waals surface area contributed by atoms with Crippen molar-refractivity contribution in [1.82, 2.24) is 10.2 Å². The highest BCUT2D eigenvalue weighted by molar-refractivity contribution is 7.10. The Labute approximate surface area is 112 Å². The smallest absolute Gasteiger partial charge is 0.237 e. The summed E-state index contributed by atoms with van der Waals surface area (Å²) in [5.74, 6) is 0.106. The Morgan fingerprint density at radius 2 is 2.44 bits per heavy atom. The van der Waals surface area contributed by atoms with E-state index >= 15 is 0 Å². The lowest BCUT2D eigenvalue weighted by Gasteiger charge is -2.34. The molecule has 1 aliphatic rings. The van der Waals surface area contributed by atoms with E-state index in [9.17, 15) is 4.79 Å². The van der Waals surface area contributed by atoms with Crippen LogP contribution in [0.25, 0.3) is 0 Å². The van der Waals surface area contributed by atoms with Gasteiger partial charge >= 0.3 is 0 Å². The van der Waals surface area contributed by atoms with E-state index in [1.807, 2.05) is 13.0 Å². The third-order valence-electron chi connectivity index (χ3n) is 3.53. The number of carbonyl (C=O) groups excluding carboxylic acids is 1. The van der Waals surface area contributed by atoms with Crippen molar-refractivity contribution < 1.29 is 4.79 Å². The Bertz CT molecular complexity index is 391. The highest BCUT2D eigenvalue weighted by atomic mass is 32.1. The summed E-state index contributed by atoms with van der Waals surface area (Å²) in [6.45, 7) is 2.96. The Hall–Kier alpha value is -0.910. The van der Waals surface area contributed by atoms with E-state index in [1.54, 1.807) is 18.4 Å². The van der Waals surface area contributed by atoms with Gasteiger partial charge in [0.2, 0.25) is 5.91 Å². The summed E-state index contributed by atoms with van der Waals surface area (Å²) in [7, 11) is 1.70. The van der Waals surface area contributed by atoms with Crippen LogP contribution in [0.3, 0.4) is 0 Å². The quantitative estimate of drug-likeness (QED) is 0.865. The molecule has 0 saturated carbocycles. The number of likely N-dealkylation sites (N-methyl/N-ethyl adjacent to an activating group) is 1. The molecule has 18 heavy (non-hydrogen) atoms. The molecule has 3 atom stereocenters. The van der Waals surface area contributed by atoms with Crippen molar-refractivity contribution in [2.45, 2.75) is 37.9 Å². The fourth-order valence-corrected chi connectivity index (χ4v) is 3.72. The predicted molar refractivity (Wildman–Crippen MR) is 74.5 cm³/mol. The van der Waals surface area contributed by atoms with E-state index in [-0.39, 0.29) is 24.0 Å². The van der Waals surface area contributed by atoms with Gasteiger partial charge < -0.3 is 11.1 Å². The van der Waals surface area contributed by atoms with Gasteiger partial charge in [0.1, 0.15) is 0 Å². The first-order chi connectivity index (χ1) is 8.65. The Morgan fingerprint density at radius 1 is 1.67 bits per heavy atom. The lowest BCUT2D eigenvalue weighted by Crippen LogP contribution is -2.47. The number of likely N-dealkylation sites (tertiary alicyclic amines) is 1. The molecule has 1 aromatic heterocycles. The second kappa shape index (κ2) is 5.82. The standard InChI is InChI=1S/C13H21N3OS/c1-9(14)12(11-6-4-8-18-11)16-7-3-5-10(16)13(17)15-2/h4,6,8-10,12H,3,5,7,14H2,1-2H3,(H,15,17). The summed E-state index contributed by atoms with van der Waals surface area (Å²) >= 11 is 1.71. The first kappa shape index (κ1) is 13.5. The minimum Gasteiger partial charge on any atom is -0.358 e.